The molecular weight excluding hydrogens is 286 g/mol. The highest BCUT2D eigenvalue weighted by atomic mass is 32.2. The van der Waals surface area contributed by atoms with Gasteiger partial charge in [0.2, 0.25) is 0 Å². The van der Waals surface area contributed by atoms with Crippen LogP contribution in [0.1, 0.15) is 5.76 Å². The van der Waals surface area contributed by atoms with E-state index in [1.807, 2.05) is 0 Å². The van der Waals surface area contributed by atoms with Gasteiger partial charge in [-0.15, -0.1) is 0 Å². The highest BCUT2D eigenvalue weighted by Crippen LogP contribution is 2.32. The second-order valence-corrected chi connectivity index (χ2v) is 6.00. The first kappa shape index (κ1) is 14.0. The van der Waals surface area contributed by atoms with Crippen molar-refractivity contribution in [1.82, 2.24) is 5.16 Å². The van der Waals surface area contributed by atoms with Gasteiger partial charge < -0.3 is 9.84 Å². The molecule has 0 fully saturated rings. The molecule has 2 rings (SSSR count). The predicted molar refractivity (Wildman–Crippen MR) is 70.0 cm³/mol. The number of aromatic nitrogens is 1. The van der Waals surface area contributed by atoms with Crippen molar-refractivity contribution in [2.24, 2.45) is 0 Å². The Morgan fingerprint density at radius 3 is 2.70 bits per heavy atom. The van der Waals surface area contributed by atoms with Gasteiger partial charge in [-0.3, -0.25) is 10.1 Å². The Balaban J connectivity index is 2.40. The van der Waals surface area contributed by atoms with Gasteiger partial charge in [0, 0.05) is 12.3 Å². The van der Waals surface area contributed by atoms with E-state index in [9.17, 15) is 18.5 Å². The van der Waals surface area contributed by atoms with Gasteiger partial charge >= 0.3 is 5.69 Å². The Morgan fingerprint density at radius 2 is 2.15 bits per heavy atom. The fourth-order valence-electron chi connectivity index (χ4n) is 1.67. The number of sulfone groups is 1. The van der Waals surface area contributed by atoms with Gasteiger partial charge in [-0.2, -0.15) is 0 Å². The Bertz CT molecular complexity index is 725. The number of hydrogen-bond donors (Lipinski definition) is 1. The number of anilines is 1. The van der Waals surface area contributed by atoms with Gasteiger partial charge in [0.1, 0.15) is 10.6 Å². The van der Waals surface area contributed by atoms with Gasteiger partial charge in [-0.1, -0.05) is 11.2 Å². The molecule has 0 saturated heterocycles. The molecule has 0 bridgehead atoms. The molecule has 1 aromatic carbocycles. The summed E-state index contributed by atoms with van der Waals surface area (Å²) < 4.78 is 28.0. The van der Waals surface area contributed by atoms with Gasteiger partial charge in [0.05, 0.1) is 17.7 Å². The molecule has 9 heteroatoms. The minimum atomic E-state index is -3.69. The molecule has 0 unspecified atom stereocenters. The molecule has 20 heavy (non-hydrogen) atoms. The summed E-state index contributed by atoms with van der Waals surface area (Å²) in [5.41, 5.74) is -0.371. The van der Waals surface area contributed by atoms with Crippen LogP contribution in [-0.2, 0) is 16.4 Å². The molecule has 0 aliphatic heterocycles. The average Bonchev–Trinajstić information content (AvgIpc) is 2.87. The van der Waals surface area contributed by atoms with Crippen LogP contribution in [0.3, 0.4) is 0 Å². The van der Waals surface area contributed by atoms with Crippen molar-refractivity contribution in [1.29, 1.82) is 0 Å². The molecule has 0 saturated carbocycles. The number of nitrogens with one attached hydrogen (secondary N) is 1. The SMILES string of the molecule is CS(=O)(=O)c1cccc(NCc2ccno2)c1[N+](=O)[O-]. The minimum Gasteiger partial charge on any atom is -0.372 e. The van der Waals surface area contributed by atoms with E-state index in [4.69, 9.17) is 4.52 Å². The lowest BCUT2D eigenvalue weighted by Gasteiger charge is -2.08. The van der Waals surface area contributed by atoms with E-state index in [1.54, 1.807) is 6.07 Å². The van der Waals surface area contributed by atoms with Crippen LogP contribution in [0.2, 0.25) is 0 Å². The zero-order valence-electron chi connectivity index (χ0n) is 10.4. The van der Waals surface area contributed by atoms with E-state index >= 15 is 0 Å². The summed E-state index contributed by atoms with van der Waals surface area (Å²) in [5, 5.41) is 17.4. The highest BCUT2D eigenvalue weighted by molar-refractivity contribution is 7.90. The van der Waals surface area contributed by atoms with E-state index in [0.717, 1.165) is 6.26 Å². The van der Waals surface area contributed by atoms with Crippen LogP contribution in [0.25, 0.3) is 0 Å². The van der Waals surface area contributed by atoms with Crippen LogP contribution in [0.4, 0.5) is 11.4 Å². The highest BCUT2D eigenvalue weighted by Gasteiger charge is 2.25. The predicted octanol–water partition coefficient (Wildman–Crippen LogP) is 1.60. The lowest BCUT2D eigenvalue weighted by molar-refractivity contribution is -0.386. The van der Waals surface area contributed by atoms with Crippen molar-refractivity contribution in [3.05, 3.63) is 46.3 Å². The quantitative estimate of drug-likeness (QED) is 0.658. The average molecular weight is 297 g/mol. The zero-order chi connectivity index (χ0) is 14.8. The van der Waals surface area contributed by atoms with Crippen LogP contribution in [0.15, 0.2) is 39.9 Å². The summed E-state index contributed by atoms with van der Waals surface area (Å²) in [4.78, 5) is 10.1. The smallest absolute Gasteiger partial charge is 0.310 e. The first-order valence-electron chi connectivity index (χ1n) is 5.50. The minimum absolute atomic E-state index is 0.106. The van der Waals surface area contributed by atoms with E-state index in [2.05, 4.69) is 10.5 Å². The Kier molecular flexibility index (Phi) is 3.70. The largest absolute Gasteiger partial charge is 0.372 e. The molecule has 0 aliphatic carbocycles. The number of para-hydroxylation sites is 1. The molecule has 2 aromatic rings. The first-order chi connectivity index (χ1) is 9.39. The summed E-state index contributed by atoms with van der Waals surface area (Å²) in [7, 11) is -3.69. The summed E-state index contributed by atoms with van der Waals surface area (Å²) in [6.45, 7) is 0.161. The van der Waals surface area contributed by atoms with E-state index in [1.165, 1.54) is 24.4 Å². The second-order valence-electron chi connectivity index (χ2n) is 4.01. The van der Waals surface area contributed by atoms with Crippen molar-refractivity contribution in [3.63, 3.8) is 0 Å². The number of benzene rings is 1. The van der Waals surface area contributed by atoms with Crippen LogP contribution in [-0.4, -0.2) is 24.8 Å². The number of nitrogens with zero attached hydrogens (tertiary/aromatic N) is 2. The number of nitro benzene ring substituents is 1. The topological polar surface area (TPSA) is 115 Å². The van der Waals surface area contributed by atoms with Crippen molar-refractivity contribution in [2.75, 3.05) is 11.6 Å². The maximum absolute atomic E-state index is 11.6. The summed E-state index contributed by atoms with van der Waals surface area (Å²) >= 11 is 0. The first-order valence-corrected chi connectivity index (χ1v) is 7.39. The maximum atomic E-state index is 11.6. The second kappa shape index (κ2) is 5.29. The number of hydrogen-bond acceptors (Lipinski definition) is 7. The normalized spacial score (nSPS) is 11.2. The van der Waals surface area contributed by atoms with Gasteiger partial charge in [-0.25, -0.2) is 8.42 Å². The molecule has 0 aliphatic rings. The van der Waals surface area contributed by atoms with Gasteiger partial charge in [-0.05, 0) is 12.1 Å². The van der Waals surface area contributed by atoms with Gasteiger partial charge in [0.25, 0.3) is 0 Å². The van der Waals surface area contributed by atoms with E-state index in [0.29, 0.717) is 5.76 Å². The lowest BCUT2D eigenvalue weighted by atomic mass is 10.2. The van der Waals surface area contributed by atoms with Crippen molar-refractivity contribution < 1.29 is 17.9 Å². The summed E-state index contributed by atoms with van der Waals surface area (Å²) in [5.74, 6) is 0.476. The molecule has 106 valence electrons. The van der Waals surface area contributed by atoms with E-state index < -0.39 is 20.4 Å². The Hall–Kier alpha value is -2.42. The molecule has 0 spiro atoms. The van der Waals surface area contributed by atoms with Crippen LogP contribution in [0.5, 0.6) is 0 Å². The lowest BCUT2D eigenvalue weighted by Crippen LogP contribution is -2.07. The Morgan fingerprint density at radius 1 is 1.40 bits per heavy atom. The van der Waals surface area contributed by atoms with Gasteiger partial charge in [0.15, 0.2) is 15.6 Å². The number of rotatable bonds is 5. The van der Waals surface area contributed by atoms with Crippen LogP contribution < -0.4 is 5.32 Å². The summed E-state index contributed by atoms with van der Waals surface area (Å²) in [6, 6.07) is 5.67. The molecular formula is C11H11N3O5S. The Labute approximate surface area is 114 Å². The van der Waals surface area contributed by atoms with E-state index in [-0.39, 0.29) is 17.1 Å². The maximum Gasteiger partial charge on any atom is 0.310 e. The van der Waals surface area contributed by atoms with Crippen LogP contribution in [0, 0.1) is 10.1 Å². The third-order valence-corrected chi connectivity index (χ3v) is 3.65. The molecule has 0 atom stereocenters. The molecule has 1 heterocycles. The fraction of sp³-hybridized carbons (Fsp3) is 0.182. The van der Waals surface area contributed by atoms with Crippen molar-refractivity contribution in [2.45, 2.75) is 11.4 Å². The molecule has 0 radical (unpaired) electrons. The molecule has 1 N–H and O–H groups in total. The zero-order valence-corrected chi connectivity index (χ0v) is 11.3. The third-order valence-electron chi connectivity index (χ3n) is 2.53. The molecule has 0 amide bonds. The molecule has 1 aromatic heterocycles. The molecule has 8 nitrogen and oxygen atoms in total. The van der Waals surface area contributed by atoms with Crippen molar-refractivity contribution in [3.8, 4) is 0 Å². The third kappa shape index (κ3) is 2.94. The monoisotopic (exact) mass is 297 g/mol. The standard InChI is InChI=1S/C11H11N3O5S/c1-20(17,18)10-4-2-3-9(11(10)14(15)16)12-7-8-5-6-13-19-8/h2-6,12H,7H2,1H3. The summed E-state index contributed by atoms with van der Waals surface area (Å²) in [6.07, 6.45) is 2.37. The van der Waals surface area contributed by atoms with Crippen LogP contribution >= 0.6 is 0 Å². The number of nitro groups is 1. The van der Waals surface area contributed by atoms with Crippen molar-refractivity contribution >= 4 is 21.2 Å². The fourth-order valence-corrected chi connectivity index (χ4v) is 2.53.